The van der Waals surface area contributed by atoms with Crippen LogP contribution >= 0.6 is 0 Å². The highest BCUT2D eigenvalue weighted by Gasteiger charge is 1.98. The molecule has 0 atom stereocenters. The molecule has 0 fully saturated rings. The van der Waals surface area contributed by atoms with E-state index in [0.29, 0.717) is 13.1 Å². The van der Waals surface area contributed by atoms with E-state index < -0.39 is 0 Å². The number of carbonyl (C=O) groups is 1. The highest BCUT2D eigenvalue weighted by molar-refractivity contribution is 5.77. The molecule has 1 heterocycles. The lowest BCUT2D eigenvalue weighted by Gasteiger charge is -1.99. The van der Waals surface area contributed by atoms with Gasteiger partial charge in [0.1, 0.15) is 6.26 Å². The Balaban J connectivity index is 2.15. The van der Waals surface area contributed by atoms with E-state index in [-0.39, 0.29) is 5.91 Å². The molecule has 0 aliphatic rings. The average molecular weight is 169 g/mol. The van der Waals surface area contributed by atoms with Gasteiger partial charge < -0.3 is 15.2 Å². The van der Waals surface area contributed by atoms with Crippen molar-refractivity contribution in [3.05, 3.63) is 18.0 Å². The predicted octanol–water partition coefficient (Wildman–Crippen LogP) is -0.490. The Morgan fingerprint density at radius 1 is 1.75 bits per heavy atom. The fraction of sp³-hybridized carbons (Fsp3) is 0.429. The smallest absolute Gasteiger partial charge is 0.233 e. The molecule has 5 heteroatoms. The Labute approximate surface area is 70.1 Å². The number of rotatable bonds is 4. The van der Waals surface area contributed by atoms with Gasteiger partial charge in [-0.3, -0.25) is 4.79 Å². The van der Waals surface area contributed by atoms with Gasteiger partial charge in [-0.2, -0.15) is 0 Å². The largest absolute Gasteiger partial charge is 0.364 e. The number of aromatic nitrogens is 1. The maximum atomic E-state index is 10.7. The van der Waals surface area contributed by atoms with Gasteiger partial charge in [-0.05, 0) is 0 Å². The van der Waals surface area contributed by atoms with Crippen molar-refractivity contribution in [2.24, 2.45) is 0 Å². The molecule has 1 aromatic rings. The van der Waals surface area contributed by atoms with Gasteiger partial charge in [0.2, 0.25) is 5.91 Å². The molecule has 0 saturated carbocycles. The summed E-state index contributed by atoms with van der Waals surface area (Å²) in [5.41, 5.74) is 0.791. The second-order valence-corrected chi connectivity index (χ2v) is 2.27. The summed E-state index contributed by atoms with van der Waals surface area (Å²) in [6.07, 6.45) is 1.50. The fourth-order valence-electron chi connectivity index (χ4n) is 0.721. The van der Waals surface area contributed by atoms with Gasteiger partial charge in [-0.1, -0.05) is 5.16 Å². The van der Waals surface area contributed by atoms with E-state index >= 15 is 0 Å². The molecule has 12 heavy (non-hydrogen) atoms. The summed E-state index contributed by atoms with van der Waals surface area (Å²) in [5, 5.41) is 9.07. The van der Waals surface area contributed by atoms with Crippen molar-refractivity contribution >= 4 is 5.91 Å². The van der Waals surface area contributed by atoms with Gasteiger partial charge in [0, 0.05) is 19.7 Å². The van der Waals surface area contributed by atoms with Crippen LogP contribution in [-0.2, 0) is 11.3 Å². The van der Waals surface area contributed by atoms with Crippen LogP contribution in [0.3, 0.4) is 0 Å². The van der Waals surface area contributed by atoms with E-state index in [0.717, 1.165) is 5.69 Å². The Morgan fingerprint density at radius 2 is 2.58 bits per heavy atom. The lowest BCUT2D eigenvalue weighted by Crippen LogP contribution is -2.31. The number of likely N-dealkylation sites (N-methyl/N-ethyl adjacent to an activating group) is 1. The van der Waals surface area contributed by atoms with Crippen molar-refractivity contribution in [1.29, 1.82) is 0 Å². The Hall–Kier alpha value is -1.36. The maximum Gasteiger partial charge on any atom is 0.233 e. The summed E-state index contributed by atoms with van der Waals surface area (Å²) < 4.78 is 4.61. The molecule has 0 aliphatic carbocycles. The quantitative estimate of drug-likeness (QED) is 0.638. The van der Waals surface area contributed by atoms with Crippen LogP contribution < -0.4 is 10.6 Å². The zero-order chi connectivity index (χ0) is 8.81. The van der Waals surface area contributed by atoms with E-state index in [1.165, 1.54) is 6.26 Å². The molecule has 0 bridgehead atoms. The number of hydrogen-bond acceptors (Lipinski definition) is 4. The molecule has 5 nitrogen and oxygen atoms in total. The standard InChI is InChI=1S/C7H11N3O2/c1-8-7(11)5-9-4-6-2-3-12-10-6/h2-3,9H,4-5H2,1H3,(H,8,11). The molecule has 0 spiro atoms. The number of hydrogen-bond donors (Lipinski definition) is 2. The van der Waals surface area contributed by atoms with Crippen LogP contribution in [0.5, 0.6) is 0 Å². The van der Waals surface area contributed by atoms with Gasteiger partial charge in [-0.25, -0.2) is 0 Å². The van der Waals surface area contributed by atoms with Crippen LogP contribution in [0.15, 0.2) is 16.9 Å². The lowest BCUT2D eigenvalue weighted by atomic mass is 10.4. The first-order valence-electron chi connectivity index (χ1n) is 3.63. The average Bonchev–Trinajstić information content (AvgIpc) is 2.57. The minimum absolute atomic E-state index is 0.0431. The predicted molar refractivity (Wildman–Crippen MR) is 42.3 cm³/mol. The van der Waals surface area contributed by atoms with Gasteiger partial charge in [-0.15, -0.1) is 0 Å². The SMILES string of the molecule is CNC(=O)CNCc1ccon1. The number of nitrogens with one attached hydrogen (secondary N) is 2. The molecule has 1 aromatic heterocycles. The number of carbonyl (C=O) groups excluding carboxylic acids is 1. The summed E-state index contributed by atoms with van der Waals surface area (Å²) in [6.45, 7) is 0.841. The van der Waals surface area contributed by atoms with Gasteiger partial charge in [0.25, 0.3) is 0 Å². The van der Waals surface area contributed by atoms with E-state index in [4.69, 9.17) is 0 Å². The molecule has 1 amide bonds. The van der Waals surface area contributed by atoms with Crippen LogP contribution in [0.25, 0.3) is 0 Å². The minimum Gasteiger partial charge on any atom is -0.364 e. The molecular formula is C7H11N3O2. The van der Waals surface area contributed by atoms with Crippen molar-refractivity contribution in [2.45, 2.75) is 6.54 Å². The van der Waals surface area contributed by atoms with Crippen molar-refractivity contribution in [3.63, 3.8) is 0 Å². The molecular weight excluding hydrogens is 158 g/mol. The molecule has 0 saturated heterocycles. The Kier molecular flexibility index (Phi) is 3.28. The van der Waals surface area contributed by atoms with Crippen LogP contribution in [0, 0.1) is 0 Å². The van der Waals surface area contributed by atoms with E-state index in [9.17, 15) is 4.79 Å². The molecule has 66 valence electrons. The fourth-order valence-corrected chi connectivity index (χ4v) is 0.721. The van der Waals surface area contributed by atoms with Gasteiger partial charge in [0.05, 0.1) is 12.2 Å². The number of amides is 1. The minimum atomic E-state index is -0.0431. The third kappa shape index (κ3) is 2.71. The van der Waals surface area contributed by atoms with E-state index in [2.05, 4.69) is 20.3 Å². The van der Waals surface area contributed by atoms with Crippen molar-refractivity contribution in [1.82, 2.24) is 15.8 Å². The molecule has 0 radical (unpaired) electrons. The summed E-state index contributed by atoms with van der Waals surface area (Å²) in [6, 6.07) is 1.75. The number of nitrogens with zero attached hydrogens (tertiary/aromatic N) is 1. The van der Waals surface area contributed by atoms with Crippen LogP contribution in [-0.4, -0.2) is 24.7 Å². The summed E-state index contributed by atoms with van der Waals surface area (Å²) in [5.74, 6) is -0.0431. The first kappa shape index (κ1) is 8.73. The Bertz CT molecular complexity index is 233. The molecule has 1 rings (SSSR count). The van der Waals surface area contributed by atoms with Crippen molar-refractivity contribution < 1.29 is 9.32 Å². The Morgan fingerprint density at radius 3 is 3.17 bits per heavy atom. The van der Waals surface area contributed by atoms with Gasteiger partial charge >= 0.3 is 0 Å². The van der Waals surface area contributed by atoms with E-state index in [1.54, 1.807) is 13.1 Å². The third-order valence-electron chi connectivity index (χ3n) is 1.36. The van der Waals surface area contributed by atoms with Gasteiger partial charge in [0.15, 0.2) is 0 Å². The highest BCUT2D eigenvalue weighted by Crippen LogP contribution is 1.91. The molecule has 2 N–H and O–H groups in total. The highest BCUT2D eigenvalue weighted by atomic mass is 16.5. The zero-order valence-corrected chi connectivity index (χ0v) is 6.83. The summed E-state index contributed by atoms with van der Waals surface area (Å²) in [7, 11) is 1.60. The van der Waals surface area contributed by atoms with E-state index in [1.807, 2.05) is 0 Å². The maximum absolute atomic E-state index is 10.7. The monoisotopic (exact) mass is 169 g/mol. The van der Waals surface area contributed by atoms with Crippen molar-refractivity contribution in [3.8, 4) is 0 Å². The second-order valence-electron chi connectivity index (χ2n) is 2.27. The molecule has 0 aliphatic heterocycles. The zero-order valence-electron chi connectivity index (χ0n) is 6.83. The second kappa shape index (κ2) is 4.50. The normalized spacial score (nSPS) is 9.75. The topological polar surface area (TPSA) is 67.2 Å². The van der Waals surface area contributed by atoms with Crippen molar-refractivity contribution in [2.75, 3.05) is 13.6 Å². The molecule has 0 unspecified atom stereocenters. The van der Waals surface area contributed by atoms with Crippen LogP contribution in [0.1, 0.15) is 5.69 Å². The molecule has 0 aromatic carbocycles. The first-order valence-corrected chi connectivity index (χ1v) is 3.63. The summed E-state index contributed by atoms with van der Waals surface area (Å²) >= 11 is 0. The first-order chi connectivity index (χ1) is 5.83. The van der Waals surface area contributed by atoms with Crippen LogP contribution in [0.2, 0.25) is 0 Å². The summed E-state index contributed by atoms with van der Waals surface area (Å²) in [4.78, 5) is 10.7. The third-order valence-corrected chi connectivity index (χ3v) is 1.36. The van der Waals surface area contributed by atoms with Crippen LogP contribution in [0.4, 0.5) is 0 Å². The lowest BCUT2D eigenvalue weighted by molar-refractivity contribution is -0.119.